The summed E-state index contributed by atoms with van der Waals surface area (Å²) in [5, 5.41) is 25.1. The van der Waals surface area contributed by atoms with Crippen molar-refractivity contribution in [2.45, 2.75) is 83.8 Å². The number of Topliss-reactive ketones (excluding diaryl/α,β-unsaturated/α-hetero) is 1. The highest BCUT2D eigenvalue weighted by molar-refractivity contribution is 5.86. The standard InChI is InChI=1S/C26H35N3O2/c1-24-11-18-10-19(18)20(24)5-6-21-23-17(4-3-8-25(23,2)31)7-9-26(21,24)22(30)15-29-14-16(12-27)13-28-29/h13-14,17-21,23,31H,3-11,15H2,1-2H3/t17-,18+,19+,20-,21+,23+,24-,25+,26+/m0/s1. The van der Waals surface area contributed by atoms with Crippen molar-refractivity contribution >= 4 is 5.78 Å². The summed E-state index contributed by atoms with van der Waals surface area (Å²) in [4.78, 5) is 14.4. The second kappa shape index (κ2) is 6.44. The molecule has 1 heterocycles. The molecule has 5 fully saturated rings. The van der Waals surface area contributed by atoms with Gasteiger partial charge in [0, 0.05) is 11.6 Å². The number of nitrogens with zero attached hydrogens (tertiary/aromatic N) is 3. The fourth-order valence-corrected chi connectivity index (χ4v) is 9.73. The van der Waals surface area contributed by atoms with Gasteiger partial charge in [-0.2, -0.15) is 10.4 Å². The van der Waals surface area contributed by atoms with Crippen LogP contribution >= 0.6 is 0 Å². The van der Waals surface area contributed by atoms with E-state index < -0.39 is 5.60 Å². The van der Waals surface area contributed by atoms with Crippen molar-refractivity contribution in [3.63, 3.8) is 0 Å². The van der Waals surface area contributed by atoms with E-state index in [4.69, 9.17) is 0 Å². The van der Waals surface area contributed by atoms with E-state index in [9.17, 15) is 15.2 Å². The van der Waals surface area contributed by atoms with Crippen LogP contribution in [0, 0.1) is 57.7 Å². The molecule has 0 saturated heterocycles. The van der Waals surface area contributed by atoms with Crippen LogP contribution in [0.15, 0.2) is 12.4 Å². The lowest BCUT2D eigenvalue weighted by atomic mass is 9.38. The van der Waals surface area contributed by atoms with Crippen LogP contribution in [0.25, 0.3) is 0 Å². The monoisotopic (exact) mass is 421 g/mol. The first-order chi connectivity index (χ1) is 14.8. The number of ketones is 1. The van der Waals surface area contributed by atoms with Gasteiger partial charge in [0.05, 0.1) is 17.4 Å². The summed E-state index contributed by atoms with van der Waals surface area (Å²) in [6.07, 6.45) is 13.4. The zero-order chi connectivity index (χ0) is 21.6. The first kappa shape index (κ1) is 20.0. The Bertz CT molecular complexity index is 960. The van der Waals surface area contributed by atoms with Gasteiger partial charge >= 0.3 is 0 Å². The molecule has 6 rings (SSSR count). The molecule has 0 radical (unpaired) electrons. The number of nitriles is 1. The average molecular weight is 422 g/mol. The smallest absolute Gasteiger partial charge is 0.161 e. The van der Waals surface area contributed by atoms with Crippen molar-refractivity contribution in [1.82, 2.24) is 9.78 Å². The van der Waals surface area contributed by atoms with Crippen LogP contribution in [-0.4, -0.2) is 26.3 Å². The minimum Gasteiger partial charge on any atom is -0.390 e. The second-order valence-electron chi connectivity index (χ2n) is 12.1. The first-order valence-corrected chi connectivity index (χ1v) is 12.5. The van der Waals surface area contributed by atoms with Gasteiger partial charge < -0.3 is 5.11 Å². The normalized spacial score (nSPS) is 49.9. The molecule has 0 spiro atoms. The zero-order valence-electron chi connectivity index (χ0n) is 18.9. The SMILES string of the molecule is C[C@]12C[C@H]3C[C@H]3[C@@H]1CC[C@@H]1[C@H]3[C@@H](CCC[C@@]3(C)O)CC[C@]12C(=O)Cn1cc(C#N)cn1. The summed E-state index contributed by atoms with van der Waals surface area (Å²) in [6.45, 7) is 4.75. The van der Waals surface area contributed by atoms with E-state index in [0.29, 0.717) is 23.2 Å². The fourth-order valence-electron chi connectivity index (χ4n) is 9.73. The Labute approximate surface area is 185 Å². The molecule has 5 heteroatoms. The number of aromatic nitrogens is 2. The maximum absolute atomic E-state index is 14.4. The quantitative estimate of drug-likeness (QED) is 0.787. The lowest BCUT2D eigenvalue weighted by Gasteiger charge is -2.65. The molecular weight excluding hydrogens is 386 g/mol. The number of carbonyl (C=O) groups excluding carboxylic acids is 1. The van der Waals surface area contributed by atoms with Crippen LogP contribution in [-0.2, 0) is 11.3 Å². The van der Waals surface area contributed by atoms with Gasteiger partial charge in [-0.15, -0.1) is 0 Å². The average Bonchev–Trinajstić information content (AvgIpc) is 3.19. The summed E-state index contributed by atoms with van der Waals surface area (Å²) in [7, 11) is 0. The third-order valence-electron chi connectivity index (χ3n) is 10.8. The van der Waals surface area contributed by atoms with E-state index >= 15 is 0 Å². The van der Waals surface area contributed by atoms with E-state index in [1.54, 1.807) is 17.1 Å². The van der Waals surface area contributed by atoms with Crippen molar-refractivity contribution in [2.24, 2.45) is 46.3 Å². The van der Waals surface area contributed by atoms with Crippen molar-refractivity contribution in [3.05, 3.63) is 18.0 Å². The van der Waals surface area contributed by atoms with Gasteiger partial charge in [-0.3, -0.25) is 9.48 Å². The third-order valence-corrected chi connectivity index (χ3v) is 10.8. The summed E-state index contributed by atoms with van der Waals surface area (Å²) in [5.41, 5.74) is -0.464. The predicted octanol–water partition coefficient (Wildman–Crippen LogP) is 4.34. The molecule has 5 aliphatic carbocycles. The van der Waals surface area contributed by atoms with Gasteiger partial charge in [0.1, 0.15) is 12.6 Å². The first-order valence-electron chi connectivity index (χ1n) is 12.5. The lowest BCUT2D eigenvalue weighted by Crippen LogP contribution is -2.65. The molecule has 0 aromatic carbocycles. The number of aliphatic hydroxyl groups is 1. The number of hydrogen-bond acceptors (Lipinski definition) is 4. The Morgan fingerprint density at radius 3 is 2.81 bits per heavy atom. The van der Waals surface area contributed by atoms with Crippen molar-refractivity contribution in [1.29, 1.82) is 5.26 Å². The number of carbonyl (C=O) groups is 1. The molecule has 1 N–H and O–H groups in total. The van der Waals surface area contributed by atoms with Crippen molar-refractivity contribution < 1.29 is 9.90 Å². The molecule has 5 aliphatic rings. The molecule has 166 valence electrons. The van der Waals surface area contributed by atoms with Gasteiger partial charge in [0.2, 0.25) is 0 Å². The Morgan fingerprint density at radius 1 is 1.23 bits per heavy atom. The van der Waals surface area contributed by atoms with Gasteiger partial charge in [-0.25, -0.2) is 0 Å². The molecule has 5 saturated carbocycles. The number of fused-ring (bicyclic) bond motifs is 7. The molecule has 0 bridgehead atoms. The highest BCUT2D eigenvalue weighted by atomic mass is 16.3. The van der Waals surface area contributed by atoms with E-state index in [-0.39, 0.29) is 29.2 Å². The lowest BCUT2D eigenvalue weighted by molar-refractivity contribution is -0.205. The van der Waals surface area contributed by atoms with Gasteiger partial charge in [0.15, 0.2) is 5.78 Å². The Balaban J connectivity index is 1.43. The molecule has 1 aromatic heterocycles. The zero-order valence-corrected chi connectivity index (χ0v) is 18.9. The largest absolute Gasteiger partial charge is 0.390 e. The maximum Gasteiger partial charge on any atom is 0.161 e. The van der Waals surface area contributed by atoms with Gasteiger partial charge in [-0.05, 0) is 99.2 Å². The van der Waals surface area contributed by atoms with Crippen LogP contribution in [0.1, 0.15) is 77.2 Å². The molecular formula is C26H35N3O2. The van der Waals surface area contributed by atoms with E-state index in [0.717, 1.165) is 43.9 Å². The molecule has 9 atom stereocenters. The summed E-state index contributed by atoms with van der Waals surface area (Å²) in [6, 6.07) is 2.13. The third kappa shape index (κ3) is 2.58. The molecule has 0 amide bonds. The topological polar surface area (TPSA) is 78.9 Å². The molecule has 1 aromatic rings. The summed E-state index contributed by atoms with van der Waals surface area (Å²) >= 11 is 0. The maximum atomic E-state index is 14.4. The van der Waals surface area contributed by atoms with E-state index in [1.807, 2.05) is 0 Å². The fraction of sp³-hybridized carbons (Fsp3) is 0.808. The van der Waals surface area contributed by atoms with E-state index in [1.165, 1.54) is 25.7 Å². The van der Waals surface area contributed by atoms with Gasteiger partial charge in [-0.1, -0.05) is 13.3 Å². The minimum absolute atomic E-state index is 0.0459. The molecule has 0 aliphatic heterocycles. The van der Waals surface area contributed by atoms with Crippen LogP contribution in [0.3, 0.4) is 0 Å². The van der Waals surface area contributed by atoms with Crippen molar-refractivity contribution in [3.8, 4) is 6.07 Å². The summed E-state index contributed by atoms with van der Waals surface area (Å²) in [5.74, 6) is 3.70. The van der Waals surface area contributed by atoms with Crippen LogP contribution < -0.4 is 0 Å². The number of rotatable bonds is 3. The van der Waals surface area contributed by atoms with Crippen LogP contribution in [0.5, 0.6) is 0 Å². The van der Waals surface area contributed by atoms with Gasteiger partial charge in [0.25, 0.3) is 0 Å². The highest BCUT2D eigenvalue weighted by Crippen LogP contribution is 2.77. The predicted molar refractivity (Wildman–Crippen MR) is 116 cm³/mol. The van der Waals surface area contributed by atoms with E-state index in [2.05, 4.69) is 25.0 Å². The second-order valence-corrected chi connectivity index (χ2v) is 12.1. The summed E-state index contributed by atoms with van der Waals surface area (Å²) < 4.78 is 1.68. The van der Waals surface area contributed by atoms with Crippen LogP contribution in [0.4, 0.5) is 0 Å². The van der Waals surface area contributed by atoms with Crippen LogP contribution in [0.2, 0.25) is 0 Å². The molecule has 5 nitrogen and oxygen atoms in total. The minimum atomic E-state index is -0.663. The number of hydrogen-bond donors (Lipinski definition) is 1. The Morgan fingerprint density at radius 2 is 2.03 bits per heavy atom. The van der Waals surface area contributed by atoms with Crippen molar-refractivity contribution in [2.75, 3.05) is 0 Å². The molecule has 0 unspecified atom stereocenters. The molecule has 31 heavy (non-hydrogen) atoms. The Hall–Kier alpha value is -1.67. The highest BCUT2D eigenvalue weighted by Gasteiger charge is 2.73. The Kier molecular flexibility index (Phi) is 4.15.